The number of aliphatic hydroxyl groups excluding tert-OH is 2. The molecule has 0 saturated heterocycles. The molecule has 0 saturated carbocycles. The van der Waals surface area contributed by atoms with E-state index in [-0.39, 0.29) is 18.6 Å². The maximum Gasteiger partial charge on any atom is 0.303 e. The summed E-state index contributed by atoms with van der Waals surface area (Å²) >= 11 is 0. The third-order valence-corrected chi connectivity index (χ3v) is 1.67. The van der Waals surface area contributed by atoms with Crippen LogP contribution in [0, 0.1) is 0 Å². The summed E-state index contributed by atoms with van der Waals surface area (Å²) in [5.74, 6) is -0.993. The molecule has 0 radical (unpaired) electrons. The number of carbonyl (C=O) groups excluding carboxylic acids is 1. The van der Waals surface area contributed by atoms with Gasteiger partial charge in [-0.15, -0.1) is 0 Å². The molecule has 0 aliphatic rings. The van der Waals surface area contributed by atoms with Gasteiger partial charge in [-0.05, 0) is 20.3 Å². The largest absolute Gasteiger partial charge is 0.481 e. The Morgan fingerprint density at radius 2 is 1.67 bits per heavy atom. The number of carboxylic acid groups (broad SMARTS) is 1. The molecule has 0 aliphatic carbocycles. The molecule has 5 heteroatoms. The molecule has 0 rings (SSSR count). The molecular weight excluding hydrogens is 200 g/mol. The van der Waals surface area contributed by atoms with Gasteiger partial charge in [0.1, 0.15) is 5.78 Å². The number of carboxylic acids is 1. The molecule has 90 valence electrons. The molecule has 0 fully saturated rings. The van der Waals surface area contributed by atoms with Gasteiger partial charge in [-0.25, -0.2) is 0 Å². The van der Waals surface area contributed by atoms with Crippen LogP contribution in [0.5, 0.6) is 0 Å². The van der Waals surface area contributed by atoms with Crippen molar-refractivity contribution in [3.63, 3.8) is 0 Å². The summed E-state index contributed by atoms with van der Waals surface area (Å²) in [5.41, 5.74) is 0. The van der Waals surface area contributed by atoms with Gasteiger partial charge in [-0.3, -0.25) is 4.79 Å². The molecule has 0 aliphatic heterocycles. The fourth-order valence-electron chi connectivity index (χ4n) is 0.624. The first-order chi connectivity index (χ1) is 6.81. The molecule has 15 heavy (non-hydrogen) atoms. The summed E-state index contributed by atoms with van der Waals surface area (Å²) in [6, 6.07) is 0. The number of aliphatic hydroxyl groups is 2. The third kappa shape index (κ3) is 15.8. The van der Waals surface area contributed by atoms with Crippen LogP contribution >= 0.6 is 0 Å². The summed E-state index contributed by atoms with van der Waals surface area (Å²) in [6.07, 6.45) is -0.396. The molecule has 0 aromatic rings. The smallest absolute Gasteiger partial charge is 0.303 e. The van der Waals surface area contributed by atoms with E-state index in [4.69, 9.17) is 15.3 Å². The van der Waals surface area contributed by atoms with E-state index in [1.807, 2.05) is 6.92 Å². The van der Waals surface area contributed by atoms with Crippen molar-refractivity contribution in [2.45, 2.75) is 52.2 Å². The highest BCUT2D eigenvalue weighted by molar-refractivity contribution is 5.80. The SMILES string of the molecule is CC(=O)CCC(=O)O.CCC(O)C(C)O. The van der Waals surface area contributed by atoms with Crippen LogP contribution in [0.1, 0.15) is 40.0 Å². The van der Waals surface area contributed by atoms with Crippen molar-refractivity contribution in [3.05, 3.63) is 0 Å². The second-order valence-electron chi connectivity index (χ2n) is 3.31. The molecule has 0 spiro atoms. The average Bonchev–Trinajstić information content (AvgIpc) is 2.14. The van der Waals surface area contributed by atoms with E-state index < -0.39 is 18.2 Å². The normalized spacial score (nSPS) is 13.4. The number of hydrogen-bond donors (Lipinski definition) is 3. The van der Waals surface area contributed by atoms with Gasteiger partial charge in [0, 0.05) is 6.42 Å². The lowest BCUT2D eigenvalue weighted by Gasteiger charge is -2.08. The zero-order valence-corrected chi connectivity index (χ0v) is 9.43. The van der Waals surface area contributed by atoms with Gasteiger partial charge in [0.25, 0.3) is 0 Å². The summed E-state index contributed by atoms with van der Waals surface area (Å²) in [4.78, 5) is 19.8. The Morgan fingerprint density at radius 3 is 1.73 bits per heavy atom. The lowest BCUT2D eigenvalue weighted by Crippen LogP contribution is -2.20. The summed E-state index contributed by atoms with van der Waals surface area (Å²) in [7, 11) is 0. The minimum absolute atomic E-state index is 0.0463. The lowest BCUT2D eigenvalue weighted by atomic mass is 10.2. The van der Waals surface area contributed by atoms with Gasteiger partial charge in [0.05, 0.1) is 18.6 Å². The lowest BCUT2D eigenvalue weighted by molar-refractivity contribution is -0.138. The molecule has 2 atom stereocenters. The number of hydrogen-bond acceptors (Lipinski definition) is 4. The first kappa shape index (κ1) is 16.5. The van der Waals surface area contributed by atoms with E-state index in [9.17, 15) is 9.59 Å². The standard InChI is InChI=1S/C5H8O3.C5H12O2/c1-4(6)2-3-5(7)8;1-3-5(7)4(2)6/h2-3H2,1H3,(H,7,8);4-7H,3H2,1-2H3. The Bertz CT molecular complexity index is 174. The monoisotopic (exact) mass is 220 g/mol. The third-order valence-electron chi connectivity index (χ3n) is 1.67. The van der Waals surface area contributed by atoms with Crippen molar-refractivity contribution in [2.24, 2.45) is 0 Å². The highest BCUT2D eigenvalue weighted by Gasteiger charge is 2.05. The Morgan fingerprint density at radius 1 is 1.20 bits per heavy atom. The van der Waals surface area contributed by atoms with Crippen LogP contribution in [0.2, 0.25) is 0 Å². The van der Waals surface area contributed by atoms with E-state index in [0.29, 0.717) is 6.42 Å². The number of rotatable bonds is 5. The zero-order valence-electron chi connectivity index (χ0n) is 9.43. The highest BCUT2D eigenvalue weighted by Crippen LogP contribution is 1.94. The Labute approximate surface area is 89.7 Å². The minimum atomic E-state index is -0.916. The molecule has 0 amide bonds. The fourth-order valence-corrected chi connectivity index (χ4v) is 0.624. The highest BCUT2D eigenvalue weighted by atomic mass is 16.4. The molecular formula is C10H20O5. The Balaban J connectivity index is 0. The van der Waals surface area contributed by atoms with Crippen LogP contribution in [0.3, 0.4) is 0 Å². The van der Waals surface area contributed by atoms with E-state index in [1.54, 1.807) is 6.92 Å². The summed E-state index contributed by atoms with van der Waals surface area (Å²) in [5, 5.41) is 25.3. The van der Waals surface area contributed by atoms with Crippen molar-refractivity contribution in [3.8, 4) is 0 Å². The Hall–Kier alpha value is -0.940. The van der Waals surface area contributed by atoms with Crippen LogP contribution in [-0.4, -0.2) is 39.3 Å². The summed E-state index contributed by atoms with van der Waals surface area (Å²) < 4.78 is 0. The van der Waals surface area contributed by atoms with Gasteiger partial charge in [-0.1, -0.05) is 6.92 Å². The van der Waals surface area contributed by atoms with Gasteiger partial charge in [0.2, 0.25) is 0 Å². The second kappa shape index (κ2) is 9.61. The number of aliphatic carboxylic acids is 1. The topological polar surface area (TPSA) is 94.8 Å². The first-order valence-corrected chi connectivity index (χ1v) is 4.88. The molecule has 0 aromatic heterocycles. The van der Waals surface area contributed by atoms with Crippen molar-refractivity contribution >= 4 is 11.8 Å². The molecule has 3 N–H and O–H groups in total. The molecule has 0 heterocycles. The van der Waals surface area contributed by atoms with Gasteiger partial charge in [0.15, 0.2) is 0 Å². The predicted octanol–water partition coefficient (Wildman–Crippen LogP) is 0.578. The molecule has 0 aromatic carbocycles. The summed E-state index contributed by atoms with van der Waals surface area (Å²) in [6.45, 7) is 4.79. The van der Waals surface area contributed by atoms with Crippen molar-refractivity contribution in [1.29, 1.82) is 0 Å². The Kier molecular flexibility index (Phi) is 10.6. The number of ketones is 1. The van der Waals surface area contributed by atoms with Crippen LogP contribution in [0.25, 0.3) is 0 Å². The van der Waals surface area contributed by atoms with Crippen LogP contribution < -0.4 is 0 Å². The minimum Gasteiger partial charge on any atom is -0.481 e. The van der Waals surface area contributed by atoms with Crippen molar-refractivity contribution in [1.82, 2.24) is 0 Å². The zero-order chi connectivity index (χ0) is 12.4. The quantitative estimate of drug-likeness (QED) is 0.630. The van der Waals surface area contributed by atoms with Gasteiger partial charge < -0.3 is 20.1 Å². The van der Waals surface area contributed by atoms with Crippen molar-refractivity contribution in [2.75, 3.05) is 0 Å². The fraction of sp³-hybridized carbons (Fsp3) is 0.800. The molecule has 5 nitrogen and oxygen atoms in total. The first-order valence-electron chi connectivity index (χ1n) is 4.88. The van der Waals surface area contributed by atoms with E-state index in [2.05, 4.69) is 0 Å². The van der Waals surface area contributed by atoms with E-state index in [1.165, 1.54) is 6.92 Å². The van der Waals surface area contributed by atoms with E-state index >= 15 is 0 Å². The predicted molar refractivity (Wildman–Crippen MR) is 55.5 cm³/mol. The van der Waals surface area contributed by atoms with Gasteiger partial charge in [-0.2, -0.15) is 0 Å². The second-order valence-corrected chi connectivity index (χ2v) is 3.31. The maximum absolute atomic E-state index is 10.1. The molecule has 0 bridgehead atoms. The maximum atomic E-state index is 10.1. The number of carbonyl (C=O) groups is 2. The van der Waals surface area contributed by atoms with Gasteiger partial charge >= 0.3 is 5.97 Å². The molecule has 2 unspecified atom stereocenters. The number of Topliss-reactive ketones (excluding diaryl/α,β-unsaturated/α-hetero) is 1. The average molecular weight is 220 g/mol. The van der Waals surface area contributed by atoms with Crippen molar-refractivity contribution < 1.29 is 24.9 Å². The van der Waals surface area contributed by atoms with Crippen LogP contribution in [0.4, 0.5) is 0 Å². The van der Waals surface area contributed by atoms with E-state index in [0.717, 1.165) is 0 Å². The van der Waals surface area contributed by atoms with Crippen LogP contribution in [-0.2, 0) is 9.59 Å². The van der Waals surface area contributed by atoms with Crippen LogP contribution in [0.15, 0.2) is 0 Å².